The molecule has 1 heterocycles. The predicted octanol–water partition coefficient (Wildman–Crippen LogP) is 2.82. The molecule has 2 aromatic rings. The number of nitrogens with two attached hydrogens (primary N) is 1. The van der Waals surface area contributed by atoms with Crippen LogP contribution in [0.5, 0.6) is 0 Å². The quantitative estimate of drug-likeness (QED) is 0.483. The smallest absolute Gasteiger partial charge is 0.0662 e. The van der Waals surface area contributed by atoms with Gasteiger partial charge in [-0.05, 0) is 24.4 Å². The molecule has 3 N–H and O–H groups in total. The zero-order valence-corrected chi connectivity index (χ0v) is 9.97. The topological polar surface area (TPSA) is 38.0 Å². The molecule has 0 aliphatic carbocycles. The highest BCUT2D eigenvalue weighted by molar-refractivity contribution is 7.19. The lowest BCUT2D eigenvalue weighted by atomic mass is 10.1. The highest BCUT2D eigenvalue weighted by Gasteiger charge is 2.11. The van der Waals surface area contributed by atoms with Crippen molar-refractivity contribution in [3.63, 3.8) is 0 Å². The maximum atomic E-state index is 5.56. The number of hydrazine groups is 1. The molecule has 82 valence electrons. The van der Waals surface area contributed by atoms with E-state index in [2.05, 4.69) is 47.6 Å². The second-order valence-electron chi connectivity index (χ2n) is 3.54. The molecule has 0 saturated carbocycles. The average Bonchev–Trinajstić information content (AvgIpc) is 2.73. The number of hydrogen-bond donors (Lipinski definition) is 2. The van der Waals surface area contributed by atoms with Crippen LogP contribution in [0.25, 0.3) is 10.1 Å². The van der Waals surface area contributed by atoms with E-state index in [9.17, 15) is 0 Å². The highest BCUT2D eigenvalue weighted by Crippen LogP contribution is 2.30. The van der Waals surface area contributed by atoms with Crippen LogP contribution in [0.3, 0.4) is 0 Å². The van der Waals surface area contributed by atoms with E-state index >= 15 is 0 Å². The molecule has 2 nitrogen and oxygen atoms in total. The van der Waals surface area contributed by atoms with Gasteiger partial charge in [0.2, 0.25) is 0 Å². The summed E-state index contributed by atoms with van der Waals surface area (Å²) in [6.45, 7) is 1.85. The molecule has 1 atom stereocenters. The Morgan fingerprint density at radius 1 is 1.44 bits per heavy atom. The first-order valence-electron chi connectivity index (χ1n) is 5.19. The molecule has 1 unspecified atom stereocenters. The predicted molar refractivity (Wildman–Crippen MR) is 70.0 cm³/mol. The molecular formula is C13H14N2S. The minimum absolute atomic E-state index is 0.129. The SMILES string of the molecule is CC#CCC(NN)c1cc2ccccc2s1. The van der Waals surface area contributed by atoms with E-state index < -0.39 is 0 Å². The second kappa shape index (κ2) is 5.13. The van der Waals surface area contributed by atoms with Gasteiger partial charge in [-0.2, -0.15) is 0 Å². The fourth-order valence-corrected chi connectivity index (χ4v) is 2.74. The molecule has 0 aliphatic rings. The number of hydrogen-bond acceptors (Lipinski definition) is 3. The summed E-state index contributed by atoms with van der Waals surface area (Å²) < 4.78 is 1.29. The van der Waals surface area contributed by atoms with Crippen LogP contribution in [0.2, 0.25) is 0 Å². The maximum absolute atomic E-state index is 5.56. The van der Waals surface area contributed by atoms with Gasteiger partial charge in [0.1, 0.15) is 0 Å². The Hall–Kier alpha value is -1.34. The van der Waals surface area contributed by atoms with Crippen LogP contribution in [0, 0.1) is 11.8 Å². The van der Waals surface area contributed by atoms with E-state index in [1.165, 1.54) is 15.0 Å². The summed E-state index contributed by atoms with van der Waals surface area (Å²) in [5, 5.41) is 1.27. The molecule has 2 rings (SSSR count). The molecule has 0 fully saturated rings. The largest absolute Gasteiger partial charge is 0.271 e. The van der Waals surface area contributed by atoms with Crippen molar-refractivity contribution < 1.29 is 0 Å². The molecule has 16 heavy (non-hydrogen) atoms. The third-order valence-electron chi connectivity index (χ3n) is 2.47. The van der Waals surface area contributed by atoms with Gasteiger partial charge in [0.05, 0.1) is 6.04 Å². The summed E-state index contributed by atoms with van der Waals surface area (Å²) in [7, 11) is 0. The number of nitrogens with one attached hydrogen (secondary N) is 1. The Kier molecular flexibility index (Phi) is 3.58. The van der Waals surface area contributed by atoms with E-state index in [-0.39, 0.29) is 6.04 Å². The summed E-state index contributed by atoms with van der Waals surface area (Å²) in [5.74, 6) is 11.5. The van der Waals surface area contributed by atoms with E-state index in [1.54, 1.807) is 11.3 Å². The van der Waals surface area contributed by atoms with Crippen molar-refractivity contribution in [1.29, 1.82) is 0 Å². The van der Waals surface area contributed by atoms with Gasteiger partial charge in [0, 0.05) is 16.0 Å². The monoisotopic (exact) mass is 230 g/mol. The Morgan fingerprint density at radius 2 is 2.25 bits per heavy atom. The van der Waals surface area contributed by atoms with Crippen molar-refractivity contribution in [2.24, 2.45) is 5.84 Å². The van der Waals surface area contributed by atoms with Gasteiger partial charge in [-0.25, -0.2) is 0 Å². The standard InChI is InChI=1S/C13H14N2S/c1-2-3-7-11(15-14)13-9-10-6-4-5-8-12(10)16-13/h4-6,8-9,11,15H,7,14H2,1H3. The summed E-state index contributed by atoms with van der Waals surface area (Å²) in [5.41, 5.74) is 2.82. The van der Waals surface area contributed by atoms with Crippen molar-refractivity contribution in [3.8, 4) is 11.8 Å². The summed E-state index contributed by atoms with van der Waals surface area (Å²) in [6.07, 6.45) is 0.750. The normalized spacial score (nSPS) is 12.1. The Labute approximate surface area is 99.4 Å². The number of rotatable bonds is 3. The number of benzene rings is 1. The second-order valence-corrected chi connectivity index (χ2v) is 4.65. The van der Waals surface area contributed by atoms with E-state index in [0.717, 1.165) is 6.42 Å². The molecule has 0 aliphatic heterocycles. The first kappa shape index (κ1) is 11.2. The van der Waals surface area contributed by atoms with Crippen LogP contribution in [0.15, 0.2) is 30.3 Å². The van der Waals surface area contributed by atoms with E-state index in [4.69, 9.17) is 5.84 Å². The molecule has 0 radical (unpaired) electrons. The van der Waals surface area contributed by atoms with Crippen LogP contribution in [-0.4, -0.2) is 0 Å². The van der Waals surface area contributed by atoms with Crippen molar-refractivity contribution in [2.45, 2.75) is 19.4 Å². The fraction of sp³-hybridized carbons (Fsp3) is 0.231. The lowest BCUT2D eigenvalue weighted by Gasteiger charge is -2.09. The Balaban J connectivity index is 2.32. The fourth-order valence-electron chi connectivity index (χ4n) is 1.62. The Morgan fingerprint density at radius 3 is 2.94 bits per heavy atom. The molecule has 0 saturated heterocycles. The van der Waals surface area contributed by atoms with Crippen LogP contribution < -0.4 is 11.3 Å². The molecule has 1 aromatic heterocycles. The van der Waals surface area contributed by atoms with Gasteiger partial charge in [-0.15, -0.1) is 23.2 Å². The third kappa shape index (κ3) is 2.25. The van der Waals surface area contributed by atoms with Gasteiger partial charge in [0.25, 0.3) is 0 Å². The minimum Gasteiger partial charge on any atom is -0.271 e. The molecule has 0 bridgehead atoms. The van der Waals surface area contributed by atoms with Crippen molar-refractivity contribution >= 4 is 21.4 Å². The van der Waals surface area contributed by atoms with Gasteiger partial charge in [-0.3, -0.25) is 11.3 Å². The summed E-state index contributed by atoms with van der Waals surface area (Å²) >= 11 is 1.77. The zero-order valence-electron chi connectivity index (χ0n) is 9.16. The van der Waals surface area contributed by atoms with Gasteiger partial charge < -0.3 is 0 Å². The van der Waals surface area contributed by atoms with Crippen molar-refractivity contribution in [3.05, 3.63) is 35.2 Å². The van der Waals surface area contributed by atoms with Gasteiger partial charge >= 0.3 is 0 Å². The van der Waals surface area contributed by atoms with E-state index in [0.29, 0.717) is 0 Å². The highest BCUT2D eigenvalue weighted by atomic mass is 32.1. The maximum Gasteiger partial charge on any atom is 0.0662 e. The van der Waals surface area contributed by atoms with Gasteiger partial charge in [-0.1, -0.05) is 18.2 Å². The molecule has 0 spiro atoms. The van der Waals surface area contributed by atoms with Crippen LogP contribution in [0.4, 0.5) is 0 Å². The molecular weight excluding hydrogens is 216 g/mol. The number of fused-ring (bicyclic) bond motifs is 1. The van der Waals surface area contributed by atoms with Crippen LogP contribution in [0.1, 0.15) is 24.3 Å². The lowest BCUT2D eigenvalue weighted by molar-refractivity contribution is 0.577. The average molecular weight is 230 g/mol. The summed E-state index contributed by atoms with van der Waals surface area (Å²) in [6, 6.07) is 10.7. The summed E-state index contributed by atoms with van der Waals surface area (Å²) in [4.78, 5) is 1.24. The minimum atomic E-state index is 0.129. The molecule has 0 amide bonds. The van der Waals surface area contributed by atoms with Gasteiger partial charge in [0.15, 0.2) is 0 Å². The van der Waals surface area contributed by atoms with Crippen molar-refractivity contribution in [2.75, 3.05) is 0 Å². The Bertz CT molecular complexity index is 500. The van der Waals surface area contributed by atoms with Crippen LogP contribution in [-0.2, 0) is 0 Å². The zero-order chi connectivity index (χ0) is 11.4. The lowest BCUT2D eigenvalue weighted by Crippen LogP contribution is -2.26. The molecule has 1 aromatic carbocycles. The first-order chi connectivity index (χ1) is 7.85. The van der Waals surface area contributed by atoms with Crippen molar-refractivity contribution in [1.82, 2.24) is 5.43 Å². The molecule has 3 heteroatoms. The van der Waals surface area contributed by atoms with Crippen LogP contribution >= 0.6 is 11.3 Å². The number of thiophene rings is 1. The third-order valence-corrected chi connectivity index (χ3v) is 3.70. The van der Waals surface area contributed by atoms with E-state index in [1.807, 2.05) is 6.92 Å². The first-order valence-corrected chi connectivity index (χ1v) is 6.01.